The molecule has 44 heavy (non-hydrogen) atoms. The van der Waals surface area contributed by atoms with Crippen molar-refractivity contribution in [1.82, 2.24) is 14.5 Å². The lowest BCUT2D eigenvalue weighted by atomic mass is 10.0. The smallest absolute Gasteiger partial charge is 0.247 e. The van der Waals surface area contributed by atoms with Crippen molar-refractivity contribution in [3.8, 4) is 0 Å². The Kier molecular flexibility index (Phi) is 10.2. The zero-order valence-electron chi connectivity index (χ0n) is 25.1. The van der Waals surface area contributed by atoms with Crippen molar-refractivity contribution in [3.63, 3.8) is 0 Å². The van der Waals surface area contributed by atoms with Gasteiger partial charge in [-0.1, -0.05) is 103 Å². The summed E-state index contributed by atoms with van der Waals surface area (Å²) in [6.07, 6.45) is 2.35. The number of nitrogens with zero attached hydrogens (tertiary/aromatic N) is 2. The fraction of sp³-hybridized carbons (Fsp3) is 0.278. The van der Waals surface area contributed by atoms with Crippen molar-refractivity contribution in [2.75, 3.05) is 13.1 Å². The molecular formula is C36H39N3O4S. The van der Waals surface area contributed by atoms with E-state index in [4.69, 9.17) is 0 Å². The monoisotopic (exact) mass is 609 g/mol. The summed E-state index contributed by atoms with van der Waals surface area (Å²) >= 11 is 0. The molecule has 4 aromatic carbocycles. The van der Waals surface area contributed by atoms with E-state index in [1.807, 2.05) is 91.9 Å². The molecule has 1 atom stereocenters. The van der Waals surface area contributed by atoms with Gasteiger partial charge in [0.05, 0.1) is 4.90 Å². The third-order valence-electron chi connectivity index (χ3n) is 8.03. The maximum atomic E-state index is 14.0. The molecule has 1 aliphatic heterocycles. The second kappa shape index (κ2) is 14.5. The molecule has 1 saturated heterocycles. The molecular weight excluding hydrogens is 570 g/mol. The van der Waals surface area contributed by atoms with Gasteiger partial charge in [-0.15, -0.1) is 0 Å². The molecule has 0 bridgehead atoms. The van der Waals surface area contributed by atoms with Crippen LogP contribution >= 0.6 is 0 Å². The molecule has 1 heterocycles. The van der Waals surface area contributed by atoms with Crippen molar-refractivity contribution in [2.24, 2.45) is 0 Å². The number of nitrogens with one attached hydrogen (secondary N) is 1. The SMILES string of the molecule is Cc1ccc(CNC(=O)[C@@H](c2ccccc2)N(Cc2ccccc2)C(=O)CCc2ccc(S(=O)(=O)N3CCCC3)cc2)cc1. The Labute approximate surface area is 260 Å². The lowest BCUT2D eigenvalue weighted by molar-refractivity contribution is -0.141. The summed E-state index contributed by atoms with van der Waals surface area (Å²) in [5.41, 5.74) is 4.63. The minimum absolute atomic E-state index is 0.165. The normalized spacial score (nSPS) is 14.2. The van der Waals surface area contributed by atoms with E-state index in [1.54, 1.807) is 29.2 Å². The summed E-state index contributed by atoms with van der Waals surface area (Å²) in [6, 6.07) is 33.0. The summed E-state index contributed by atoms with van der Waals surface area (Å²) < 4.78 is 27.4. The van der Waals surface area contributed by atoms with E-state index >= 15 is 0 Å². The van der Waals surface area contributed by atoms with Crippen LogP contribution in [0.4, 0.5) is 0 Å². The number of benzene rings is 4. The fourth-order valence-electron chi connectivity index (χ4n) is 5.50. The number of hydrogen-bond donors (Lipinski definition) is 1. The average Bonchev–Trinajstić information content (AvgIpc) is 3.61. The molecule has 4 aromatic rings. The molecule has 0 aliphatic carbocycles. The van der Waals surface area contributed by atoms with Gasteiger partial charge in [-0.3, -0.25) is 9.59 Å². The van der Waals surface area contributed by atoms with Crippen molar-refractivity contribution < 1.29 is 18.0 Å². The number of rotatable bonds is 12. The minimum Gasteiger partial charge on any atom is -0.350 e. The largest absolute Gasteiger partial charge is 0.350 e. The highest BCUT2D eigenvalue weighted by Crippen LogP contribution is 2.26. The number of carbonyl (C=O) groups is 2. The second-order valence-electron chi connectivity index (χ2n) is 11.3. The predicted octanol–water partition coefficient (Wildman–Crippen LogP) is 5.80. The first kappa shape index (κ1) is 31.2. The Morgan fingerprint density at radius 3 is 2.00 bits per heavy atom. The van der Waals surface area contributed by atoms with Gasteiger partial charge in [0.2, 0.25) is 21.8 Å². The second-order valence-corrected chi connectivity index (χ2v) is 13.2. The first-order chi connectivity index (χ1) is 21.3. The molecule has 228 valence electrons. The van der Waals surface area contributed by atoms with Crippen LogP contribution in [0.3, 0.4) is 0 Å². The quantitative estimate of drug-likeness (QED) is 0.220. The Morgan fingerprint density at radius 1 is 0.773 bits per heavy atom. The summed E-state index contributed by atoms with van der Waals surface area (Å²) in [6.45, 7) is 3.74. The van der Waals surface area contributed by atoms with Gasteiger partial charge >= 0.3 is 0 Å². The molecule has 1 aliphatic rings. The van der Waals surface area contributed by atoms with Crippen molar-refractivity contribution in [2.45, 2.75) is 56.6 Å². The number of sulfonamides is 1. The third-order valence-corrected chi connectivity index (χ3v) is 9.95. The van der Waals surface area contributed by atoms with E-state index in [2.05, 4.69) is 5.32 Å². The summed E-state index contributed by atoms with van der Waals surface area (Å²) in [5.74, 6) is -0.417. The van der Waals surface area contributed by atoms with Gasteiger partial charge in [-0.05, 0) is 60.6 Å². The zero-order valence-corrected chi connectivity index (χ0v) is 25.9. The highest BCUT2D eigenvalue weighted by Gasteiger charge is 2.31. The van der Waals surface area contributed by atoms with Crippen molar-refractivity contribution in [1.29, 1.82) is 0 Å². The maximum Gasteiger partial charge on any atom is 0.247 e. The molecule has 8 heteroatoms. The molecule has 0 saturated carbocycles. The van der Waals surface area contributed by atoms with E-state index in [1.165, 1.54) is 4.31 Å². The first-order valence-corrected chi connectivity index (χ1v) is 16.6. The van der Waals surface area contributed by atoms with Crippen LogP contribution in [-0.2, 0) is 39.1 Å². The van der Waals surface area contributed by atoms with Gasteiger partial charge in [0.1, 0.15) is 6.04 Å². The Balaban J connectivity index is 1.36. The van der Waals surface area contributed by atoms with E-state index in [-0.39, 0.29) is 29.7 Å². The van der Waals surface area contributed by atoms with Gasteiger partial charge < -0.3 is 10.2 Å². The number of amides is 2. The van der Waals surface area contributed by atoms with Crippen LogP contribution in [-0.4, -0.2) is 42.5 Å². The van der Waals surface area contributed by atoms with Crippen LogP contribution in [0.15, 0.2) is 114 Å². The van der Waals surface area contributed by atoms with Gasteiger partial charge in [0.15, 0.2) is 0 Å². The molecule has 0 aromatic heterocycles. The molecule has 5 rings (SSSR count). The number of carbonyl (C=O) groups excluding carboxylic acids is 2. The summed E-state index contributed by atoms with van der Waals surface area (Å²) in [7, 11) is -3.50. The molecule has 0 unspecified atom stereocenters. The van der Waals surface area contributed by atoms with Crippen LogP contribution in [0.1, 0.15) is 53.1 Å². The van der Waals surface area contributed by atoms with Gasteiger partial charge in [0, 0.05) is 32.6 Å². The van der Waals surface area contributed by atoms with E-state index in [0.717, 1.165) is 40.7 Å². The lowest BCUT2D eigenvalue weighted by Crippen LogP contribution is -2.43. The Bertz CT molecular complexity index is 1640. The van der Waals surface area contributed by atoms with Crippen LogP contribution in [0.5, 0.6) is 0 Å². The third kappa shape index (κ3) is 7.81. The highest BCUT2D eigenvalue weighted by molar-refractivity contribution is 7.89. The lowest BCUT2D eigenvalue weighted by Gasteiger charge is -2.32. The van der Waals surface area contributed by atoms with Crippen LogP contribution < -0.4 is 5.32 Å². The van der Waals surface area contributed by atoms with Gasteiger partial charge in [-0.2, -0.15) is 4.31 Å². The van der Waals surface area contributed by atoms with Crippen LogP contribution in [0, 0.1) is 6.92 Å². The molecule has 1 N–H and O–H groups in total. The average molecular weight is 610 g/mol. The van der Waals surface area contributed by atoms with E-state index in [0.29, 0.717) is 26.1 Å². The molecule has 7 nitrogen and oxygen atoms in total. The molecule has 0 radical (unpaired) electrons. The Hall–Kier alpha value is -4.27. The van der Waals surface area contributed by atoms with E-state index in [9.17, 15) is 18.0 Å². The zero-order chi connectivity index (χ0) is 30.9. The fourth-order valence-corrected chi connectivity index (χ4v) is 7.02. The van der Waals surface area contributed by atoms with E-state index < -0.39 is 16.1 Å². The Morgan fingerprint density at radius 2 is 1.36 bits per heavy atom. The van der Waals surface area contributed by atoms with Crippen molar-refractivity contribution in [3.05, 3.63) is 137 Å². The minimum atomic E-state index is -3.50. The standard InChI is InChI=1S/C36H39N3O4S/c1-28-14-16-30(17-15-28)26-37-36(41)35(32-12-6-3-7-13-32)39(27-31-10-4-2-5-11-31)34(40)23-20-29-18-21-33(22-19-29)44(42,43)38-24-8-9-25-38/h2-7,10-19,21-22,35H,8-9,20,23-27H2,1H3,(H,37,41)/t35-/m1/s1. The number of hydrogen-bond acceptors (Lipinski definition) is 4. The van der Waals surface area contributed by atoms with Gasteiger partial charge in [0.25, 0.3) is 0 Å². The van der Waals surface area contributed by atoms with Crippen LogP contribution in [0.25, 0.3) is 0 Å². The topological polar surface area (TPSA) is 86.8 Å². The molecule has 2 amide bonds. The first-order valence-electron chi connectivity index (χ1n) is 15.1. The summed E-state index contributed by atoms with van der Waals surface area (Å²) in [4.78, 5) is 29.8. The predicted molar refractivity (Wildman–Crippen MR) is 172 cm³/mol. The molecule has 1 fully saturated rings. The highest BCUT2D eigenvalue weighted by atomic mass is 32.2. The number of aryl methyl sites for hydroxylation is 2. The summed E-state index contributed by atoms with van der Waals surface area (Å²) in [5, 5.41) is 3.06. The van der Waals surface area contributed by atoms with Gasteiger partial charge in [-0.25, -0.2) is 8.42 Å². The maximum absolute atomic E-state index is 14.0. The van der Waals surface area contributed by atoms with Crippen molar-refractivity contribution >= 4 is 21.8 Å². The van der Waals surface area contributed by atoms with Crippen LogP contribution in [0.2, 0.25) is 0 Å². The molecule has 0 spiro atoms.